The highest BCUT2D eigenvalue weighted by molar-refractivity contribution is 7.92. The molecule has 0 unspecified atom stereocenters. The predicted octanol–water partition coefficient (Wildman–Crippen LogP) is 3.43. The summed E-state index contributed by atoms with van der Waals surface area (Å²) in [5.74, 6) is -0.627. The van der Waals surface area contributed by atoms with Gasteiger partial charge in [0.2, 0.25) is 10.0 Å². The lowest BCUT2D eigenvalue weighted by atomic mass is 10.2. The number of aromatic nitrogens is 2. The van der Waals surface area contributed by atoms with Crippen molar-refractivity contribution < 1.29 is 22.3 Å². The summed E-state index contributed by atoms with van der Waals surface area (Å²) in [5, 5.41) is 2.92. The Balaban J connectivity index is 1.74. The molecule has 30 heavy (non-hydrogen) atoms. The molecule has 3 N–H and O–H groups in total. The molecule has 0 aliphatic heterocycles. The summed E-state index contributed by atoms with van der Waals surface area (Å²) in [7, 11) is -2.07. The van der Waals surface area contributed by atoms with Crippen molar-refractivity contribution in [1.82, 2.24) is 9.97 Å². The number of sulfonamides is 1. The van der Waals surface area contributed by atoms with Gasteiger partial charge in [-0.1, -0.05) is 11.6 Å². The summed E-state index contributed by atoms with van der Waals surface area (Å²) >= 11 is 6.00. The quantitative estimate of drug-likeness (QED) is 0.508. The largest absolute Gasteiger partial charge is 0.495 e. The van der Waals surface area contributed by atoms with Gasteiger partial charge in [-0.15, -0.1) is 0 Å². The zero-order valence-corrected chi connectivity index (χ0v) is 17.6. The Morgan fingerprint density at radius 3 is 2.67 bits per heavy atom. The lowest BCUT2D eigenvalue weighted by Gasteiger charge is -2.09. The predicted molar refractivity (Wildman–Crippen MR) is 112 cm³/mol. The number of halogens is 2. The number of pyridine rings is 1. The number of nitrogens with zero attached hydrogens (tertiary/aromatic N) is 1. The molecule has 2 aromatic heterocycles. The first kappa shape index (κ1) is 21.6. The number of benzene rings is 1. The Hall–Kier alpha value is -3.11. The van der Waals surface area contributed by atoms with Crippen molar-refractivity contribution >= 4 is 38.9 Å². The number of hydrogen-bond acceptors (Lipinski definition) is 5. The van der Waals surface area contributed by atoms with E-state index in [4.69, 9.17) is 16.3 Å². The van der Waals surface area contributed by atoms with Crippen LogP contribution in [-0.4, -0.2) is 37.7 Å². The molecule has 0 aliphatic rings. The van der Waals surface area contributed by atoms with Crippen molar-refractivity contribution in [2.45, 2.75) is 6.42 Å². The molecule has 0 radical (unpaired) electrons. The first-order chi connectivity index (χ1) is 14.1. The molecular formula is C19H18ClFN4O4S. The van der Waals surface area contributed by atoms with Crippen molar-refractivity contribution in [2.24, 2.45) is 0 Å². The second kappa shape index (κ2) is 8.72. The monoisotopic (exact) mass is 452 g/mol. The molecular weight excluding hydrogens is 435 g/mol. The molecule has 1 aromatic carbocycles. The SMILES string of the molecule is COc1cc(F)cnc1Cc1cc(C(=O)Nc2cc(Cl)cc(NS(C)(=O)=O)c2)c[nH]1. The second-order valence-electron chi connectivity index (χ2n) is 6.45. The van der Waals surface area contributed by atoms with E-state index >= 15 is 0 Å². The number of aromatic amines is 1. The molecule has 11 heteroatoms. The highest BCUT2D eigenvalue weighted by atomic mass is 35.5. The van der Waals surface area contributed by atoms with Gasteiger partial charge in [0, 0.05) is 35.1 Å². The molecule has 2 heterocycles. The Morgan fingerprint density at radius 2 is 1.97 bits per heavy atom. The zero-order valence-electron chi connectivity index (χ0n) is 16.0. The Bertz CT molecular complexity index is 1200. The summed E-state index contributed by atoms with van der Waals surface area (Å²) in [5.41, 5.74) is 2.07. The van der Waals surface area contributed by atoms with Gasteiger partial charge in [0.05, 0.1) is 36.5 Å². The van der Waals surface area contributed by atoms with Crippen LogP contribution in [0.3, 0.4) is 0 Å². The van der Waals surface area contributed by atoms with Crippen LogP contribution in [0, 0.1) is 5.82 Å². The van der Waals surface area contributed by atoms with E-state index < -0.39 is 21.7 Å². The topological polar surface area (TPSA) is 113 Å². The second-order valence-corrected chi connectivity index (χ2v) is 8.63. The molecule has 0 aliphatic carbocycles. The number of anilines is 2. The van der Waals surface area contributed by atoms with E-state index in [1.54, 1.807) is 6.07 Å². The average molecular weight is 453 g/mol. The van der Waals surface area contributed by atoms with Crippen molar-refractivity contribution in [2.75, 3.05) is 23.4 Å². The van der Waals surface area contributed by atoms with Gasteiger partial charge in [0.1, 0.15) is 11.6 Å². The molecule has 0 fully saturated rings. The number of hydrogen-bond donors (Lipinski definition) is 3. The molecule has 3 aromatic rings. The molecule has 0 atom stereocenters. The van der Waals surface area contributed by atoms with Crippen molar-refractivity contribution in [1.29, 1.82) is 0 Å². The number of carbonyl (C=O) groups excluding carboxylic acids is 1. The van der Waals surface area contributed by atoms with Crippen LogP contribution >= 0.6 is 11.6 Å². The Labute approximate surface area is 177 Å². The highest BCUT2D eigenvalue weighted by Crippen LogP contribution is 2.24. The third kappa shape index (κ3) is 5.71. The van der Waals surface area contributed by atoms with Crippen LogP contribution < -0.4 is 14.8 Å². The van der Waals surface area contributed by atoms with Gasteiger partial charge in [0.25, 0.3) is 5.91 Å². The third-order valence-corrected chi connectivity index (χ3v) is 4.76. The van der Waals surface area contributed by atoms with Gasteiger partial charge in [-0.2, -0.15) is 0 Å². The maximum Gasteiger partial charge on any atom is 0.257 e. The number of amides is 1. The first-order valence-corrected chi connectivity index (χ1v) is 10.9. The molecule has 0 spiro atoms. The molecule has 158 valence electrons. The molecule has 0 bridgehead atoms. The molecule has 1 amide bonds. The summed E-state index contributed by atoms with van der Waals surface area (Å²) in [6, 6.07) is 7.23. The third-order valence-electron chi connectivity index (χ3n) is 3.94. The summed E-state index contributed by atoms with van der Waals surface area (Å²) in [6.07, 6.45) is 3.92. The summed E-state index contributed by atoms with van der Waals surface area (Å²) in [4.78, 5) is 19.5. The standard InChI is InChI=1S/C19H18ClFN4O4S/c1-29-18-6-13(21)10-23-17(18)8-14-3-11(9-22-14)19(26)24-15-4-12(20)5-16(7-15)25-30(2,27)28/h3-7,9-10,22,25H,8H2,1-2H3,(H,24,26). The smallest absolute Gasteiger partial charge is 0.257 e. The fourth-order valence-electron chi connectivity index (χ4n) is 2.75. The van der Waals surface area contributed by atoms with Crippen LogP contribution in [0.5, 0.6) is 5.75 Å². The van der Waals surface area contributed by atoms with E-state index in [0.717, 1.165) is 12.5 Å². The van der Waals surface area contributed by atoms with Crippen LogP contribution in [0.25, 0.3) is 0 Å². The number of rotatable bonds is 7. The van der Waals surface area contributed by atoms with Crippen molar-refractivity contribution in [3.63, 3.8) is 0 Å². The minimum Gasteiger partial charge on any atom is -0.495 e. The average Bonchev–Trinajstić information content (AvgIpc) is 3.10. The van der Waals surface area contributed by atoms with Gasteiger partial charge in [-0.25, -0.2) is 12.8 Å². The molecule has 0 saturated carbocycles. The van der Waals surface area contributed by atoms with Crippen LogP contribution in [0.4, 0.5) is 15.8 Å². The van der Waals surface area contributed by atoms with Crippen molar-refractivity contribution in [3.05, 3.63) is 70.5 Å². The van der Waals surface area contributed by atoms with Crippen LogP contribution in [0.2, 0.25) is 5.02 Å². The summed E-state index contributed by atoms with van der Waals surface area (Å²) in [6.45, 7) is 0. The molecule has 0 saturated heterocycles. The maximum atomic E-state index is 13.3. The Kier molecular flexibility index (Phi) is 6.28. The maximum absolute atomic E-state index is 13.3. The van der Waals surface area contributed by atoms with E-state index in [1.165, 1.54) is 37.6 Å². The van der Waals surface area contributed by atoms with Crippen LogP contribution in [-0.2, 0) is 16.4 Å². The normalized spacial score (nSPS) is 11.2. The van der Waals surface area contributed by atoms with Crippen molar-refractivity contribution in [3.8, 4) is 5.75 Å². The molecule has 3 rings (SSSR count). The Morgan fingerprint density at radius 1 is 1.23 bits per heavy atom. The van der Waals surface area contributed by atoms with E-state index in [-0.39, 0.29) is 10.7 Å². The van der Waals surface area contributed by atoms with Gasteiger partial charge < -0.3 is 15.0 Å². The van der Waals surface area contributed by atoms with Gasteiger partial charge in [0.15, 0.2) is 0 Å². The highest BCUT2D eigenvalue weighted by Gasteiger charge is 2.13. The fourth-order valence-corrected chi connectivity index (χ4v) is 3.53. The zero-order chi connectivity index (χ0) is 21.9. The van der Waals surface area contributed by atoms with E-state index in [0.29, 0.717) is 34.8 Å². The van der Waals surface area contributed by atoms with Gasteiger partial charge in [-0.05, 0) is 24.3 Å². The number of ether oxygens (including phenoxy) is 1. The number of carbonyl (C=O) groups is 1. The number of H-pyrrole nitrogens is 1. The number of nitrogens with one attached hydrogen (secondary N) is 3. The lowest BCUT2D eigenvalue weighted by molar-refractivity contribution is 0.102. The van der Waals surface area contributed by atoms with E-state index in [2.05, 4.69) is 20.0 Å². The minimum atomic E-state index is -3.49. The lowest BCUT2D eigenvalue weighted by Crippen LogP contribution is -2.13. The van der Waals surface area contributed by atoms with Crippen LogP contribution in [0.15, 0.2) is 42.7 Å². The molecule has 8 nitrogen and oxygen atoms in total. The minimum absolute atomic E-state index is 0.226. The van der Waals surface area contributed by atoms with Gasteiger partial charge in [-0.3, -0.25) is 14.5 Å². The van der Waals surface area contributed by atoms with Crippen LogP contribution in [0.1, 0.15) is 21.7 Å². The van der Waals surface area contributed by atoms with E-state index in [1.807, 2.05) is 0 Å². The first-order valence-electron chi connectivity index (χ1n) is 8.58. The fraction of sp³-hybridized carbons (Fsp3) is 0.158. The van der Waals surface area contributed by atoms with Gasteiger partial charge >= 0.3 is 0 Å². The summed E-state index contributed by atoms with van der Waals surface area (Å²) < 4.78 is 43.5. The number of methoxy groups -OCH3 is 1. The van der Waals surface area contributed by atoms with E-state index in [9.17, 15) is 17.6 Å².